The van der Waals surface area contributed by atoms with Crippen LogP contribution in [0.15, 0.2) is 28.9 Å². The zero-order valence-electron chi connectivity index (χ0n) is 11.5. The fourth-order valence-electron chi connectivity index (χ4n) is 2.08. The minimum atomic E-state index is -0.872. The third-order valence-corrected chi connectivity index (χ3v) is 3.87. The minimum Gasteiger partial charge on any atom is -0.496 e. The Bertz CT molecular complexity index is 613. The molecule has 6 heteroatoms. The van der Waals surface area contributed by atoms with Gasteiger partial charge in [-0.1, -0.05) is 11.6 Å². The van der Waals surface area contributed by atoms with Crippen LogP contribution >= 0.6 is 27.5 Å². The average molecular weight is 360 g/mol. The summed E-state index contributed by atoms with van der Waals surface area (Å²) in [6.07, 6.45) is 0.804. The molecule has 1 atom stereocenters. The Hall–Kier alpha value is -1.04. The fourth-order valence-corrected chi connectivity index (χ4v) is 2.75. The van der Waals surface area contributed by atoms with E-state index in [1.54, 1.807) is 36.2 Å². The Morgan fingerprint density at radius 1 is 1.40 bits per heavy atom. The number of rotatable bonds is 4. The molecule has 0 saturated carbocycles. The molecule has 1 aromatic heterocycles. The molecule has 2 aromatic rings. The van der Waals surface area contributed by atoms with E-state index >= 15 is 0 Å². The monoisotopic (exact) mass is 358 g/mol. The van der Waals surface area contributed by atoms with Crippen molar-refractivity contribution < 1.29 is 9.84 Å². The van der Waals surface area contributed by atoms with Gasteiger partial charge in [-0.15, -0.1) is 0 Å². The van der Waals surface area contributed by atoms with Crippen molar-refractivity contribution in [3.8, 4) is 5.75 Å². The van der Waals surface area contributed by atoms with Crippen LogP contribution < -0.4 is 4.74 Å². The Morgan fingerprint density at radius 2 is 2.10 bits per heavy atom. The highest BCUT2D eigenvalue weighted by Crippen LogP contribution is 2.36. The Kier molecular flexibility index (Phi) is 4.73. The third kappa shape index (κ3) is 2.85. The number of halogens is 2. The van der Waals surface area contributed by atoms with Gasteiger partial charge in [-0.05, 0) is 48.0 Å². The van der Waals surface area contributed by atoms with Gasteiger partial charge in [0.05, 0.1) is 23.5 Å². The average Bonchev–Trinajstić information content (AvgIpc) is 2.80. The van der Waals surface area contributed by atoms with E-state index in [9.17, 15) is 5.11 Å². The van der Waals surface area contributed by atoms with E-state index in [1.807, 2.05) is 13.8 Å². The number of hydrogen-bond donors (Lipinski definition) is 1. The molecule has 4 nitrogen and oxygen atoms in total. The molecule has 0 saturated heterocycles. The molecule has 0 fully saturated rings. The number of aliphatic hydroxyl groups excluding tert-OH is 1. The molecule has 0 aliphatic rings. The summed E-state index contributed by atoms with van der Waals surface area (Å²) in [5.41, 5.74) is 1.30. The first-order valence-corrected chi connectivity index (χ1v) is 7.37. The molecule has 1 unspecified atom stereocenters. The van der Waals surface area contributed by atoms with Crippen molar-refractivity contribution in [3.63, 3.8) is 0 Å². The van der Waals surface area contributed by atoms with E-state index in [0.29, 0.717) is 22.0 Å². The third-order valence-electron chi connectivity index (χ3n) is 3.02. The minimum absolute atomic E-state index is 0.135. The molecule has 0 spiro atoms. The maximum atomic E-state index is 10.7. The van der Waals surface area contributed by atoms with Gasteiger partial charge in [0.2, 0.25) is 0 Å². The highest BCUT2D eigenvalue weighted by molar-refractivity contribution is 9.10. The molecular formula is C14H16BrClN2O2. The van der Waals surface area contributed by atoms with E-state index < -0.39 is 6.10 Å². The van der Waals surface area contributed by atoms with Crippen LogP contribution in [0.5, 0.6) is 5.75 Å². The van der Waals surface area contributed by atoms with Crippen LogP contribution in [0.4, 0.5) is 0 Å². The first kappa shape index (κ1) is 15.4. The fraction of sp³-hybridized carbons (Fsp3) is 0.357. The van der Waals surface area contributed by atoms with Crippen molar-refractivity contribution in [1.82, 2.24) is 9.78 Å². The zero-order valence-corrected chi connectivity index (χ0v) is 13.8. The zero-order chi connectivity index (χ0) is 14.9. The molecule has 0 amide bonds. The van der Waals surface area contributed by atoms with Crippen molar-refractivity contribution in [2.45, 2.75) is 26.0 Å². The summed E-state index contributed by atoms with van der Waals surface area (Å²) in [5, 5.41) is 15.5. The van der Waals surface area contributed by atoms with Crippen LogP contribution in [-0.2, 0) is 0 Å². The second-order valence-electron chi connectivity index (χ2n) is 4.70. The molecule has 0 aliphatic carbocycles. The highest BCUT2D eigenvalue weighted by Gasteiger charge is 2.24. The summed E-state index contributed by atoms with van der Waals surface area (Å²) in [6.45, 7) is 4.01. The molecule has 1 heterocycles. The van der Waals surface area contributed by atoms with Crippen LogP contribution in [0, 0.1) is 0 Å². The maximum absolute atomic E-state index is 10.7. The van der Waals surface area contributed by atoms with Gasteiger partial charge in [-0.25, -0.2) is 0 Å². The van der Waals surface area contributed by atoms with E-state index in [4.69, 9.17) is 16.3 Å². The normalized spacial score (nSPS) is 12.8. The summed E-state index contributed by atoms with van der Waals surface area (Å²) in [5.74, 6) is 0.588. The van der Waals surface area contributed by atoms with Gasteiger partial charge >= 0.3 is 0 Å². The number of benzene rings is 1. The smallest absolute Gasteiger partial charge is 0.125 e. The van der Waals surface area contributed by atoms with Gasteiger partial charge in [-0.2, -0.15) is 5.10 Å². The van der Waals surface area contributed by atoms with Gasteiger partial charge in [-0.3, -0.25) is 4.68 Å². The molecule has 0 aliphatic heterocycles. The summed E-state index contributed by atoms with van der Waals surface area (Å²) < 4.78 is 7.82. The largest absolute Gasteiger partial charge is 0.496 e. The van der Waals surface area contributed by atoms with Crippen LogP contribution in [0.1, 0.15) is 37.3 Å². The number of methoxy groups -OCH3 is 1. The van der Waals surface area contributed by atoms with E-state index in [1.165, 1.54) is 0 Å². The Labute approximate surface area is 131 Å². The van der Waals surface area contributed by atoms with Crippen LogP contribution in [0.25, 0.3) is 0 Å². The second-order valence-corrected chi connectivity index (χ2v) is 6.00. The van der Waals surface area contributed by atoms with Crippen LogP contribution in [0.2, 0.25) is 5.02 Å². The van der Waals surface area contributed by atoms with Crippen molar-refractivity contribution >= 4 is 27.5 Å². The maximum Gasteiger partial charge on any atom is 0.125 e. The van der Waals surface area contributed by atoms with Gasteiger partial charge in [0.25, 0.3) is 0 Å². The lowest BCUT2D eigenvalue weighted by Gasteiger charge is -2.19. The molecule has 0 radical (unpaired) electrons. The van der Waals surface area contributed by atoms with Crippen molar-refractivity contribution in [1.29, 1.82) is 0 Å². The summed E-state index contributed by atoms with van der Waals surface area (Å²) in [6, 6.07) is 5.31. The Balaban J connectivity index is 2.54. The first-order valence-electron chi connectivity index (χ1n) is 6.20. The second kappa shape index (κ2) is 6.16. The Morgan fingerprint density at radius 3 is 2.70 bits per heavy atom. The standard InChI is InChI=1S/C14H16BrClN2O2/c1-8(2)18-13(11(15)7-17-18)14(19)10-6-9(16)4-5-12(10)20-3/h4-8,14,19H,1-3H3. The SMILES string of the molecule is COc1ccc(Cl)cc1C(O)c1c(Br)cnn1C(C)C. The van der Waals surface area contributed by atoms with E-state index in [2.05, 4.69) is 21.0 Å². The molecule has 20 heavy (non-hydrogen) atoms. The number of aliphatic hydroxyl groups is 1. The first-order chi connectivity index (χ1) is 9.45. The highest BCUT2D eigenvalue weighted by atomic mass is 79.9. The lowest BCUT2D eigenvalue weighted by molar-refractivity contribution is 0.199. The number of ether oxygens (including phenoxy) is 1. The quantitative estimate of drug-likeness (QED) is 0.898. The lowest BCUT2D eigenvalue weighted by Crippen LogP contribution is -2.13. The number of aromatic nitrogens is 2. The predicted octanol–water partition coefficient (Wildman–Crippen LogP) is 3.97. The van der Waals surface area contributed by atoms with E-state index in [-0.39, 0.29) is 6.04 Å². The van der Waals surface area contributed by atoms with Crippen molar-refractivity contribution in [2.75, 3.05) is 7.11 Å². The van der Waals surface area contributed by atoms with Crippen LogP contribution in [0.3, 0.4) is 0 Å². The van der Waals surface area contributed by atoms with E-state index in [0.717, 1.165) is 4.47 Å². The molecule has 108 valence electrons. The van der Waals surface area contributed by atoms with Gasteiger partial charge in [0, 0.05) is 16.6 Å². The summed E-state index contributed by atoms with van der Waals surface area (Å²) >= 11 is 9.45. The topological polar surface area (TPSA) is 47.3 Å². The molecule has 0 bridgehead atoms. The van der Waals surface area contributed by atoms with Crippen molar-refractivity contribution in [3.05, 3.63) is 45.1 Å². The number of hydrogen-bond acceptors (Lipinski definition) is 3. The molecular weight excluding hydrogens is 344 g/mol. The number of nitrogens with zero attached hydrogens (tertiary/aromatic N) is 2. The van der Waals surface area contributed by atoms with Crippen LogP contribution in [-0.4, -0.2) is 22.0 Å². The van der Waals surface area contributed by atoms with Crippen molar-refractivity contribution in [2.24, 2.45) is 0 Å². The molecule has 2 rings (SSSR count). The summed E-state index contributed by atoms with van der Waals surface area (Å²) in [7, 11) is 1.56. The van der Waals surface area contributed by atoms with Gasteiger partial charge < -0.3 is 9.84 Å². The van der Waals surface area contributed by atoms with Gasteiger partial charge in [0.1, 0.15) is 11.9 Å². The molecule has 1 aromatic carbocycles. The summed E-state index contributed by atoms with van der Waals surface area (Å²) in [4.78, 5) is 0. The van der Waals surface area contributed by atoms with Gasteiger partial charge in [0.15, 0.2) is 0 Å². The predicted molar refractivity (Wildman–Crippen MR) is 82.4 cm³/mol. The lowest BCUT2D eigenvalue weighted by atomic mass is 10.0. The molecule has 1 N–H and O–H groups in total.